The van der Waals surface area contributed by atoms with Gasteiger partial charge < -0.3 is 22.7 Å². The van der Waals surface area contributed by atoms with E-state index in [9.17, 15) is 0 Å². The van der Waals surface area contributed by atoms with Gasteiger partial charge in [0.15, 0.2) is 5.13 Å². The Labute approximate surface area is 97.6 Å². The van der Waals surface area contributed by atoms with Crippen LogP contribution in [0, 0.1) is 6.92 Å². The maximum Gasteiger partial charge on any atom is 0.180 e. The van der Waals surface area contributed by atoms with E-state index in [2.05, 4.69) is 36.2 Å². The molecule has 4 heteroatoms. The third-order valence-electron chi connectivity index (χ3n) is 1.87. The lowest BCUT2D eigenvalue weighted by Crippen LogP contribution is -3.00. The molecule has 2 aromatic rings. The summed E-state index contributed by atoms with van der Waals surface area (Å²) >= 11 is 1.47. The summed E-state index contributed by atoms with van der Waals surface area (Å²) in [5, 5.41) is 2.59. The number of anilines is 1. The third kappa shape index (κ3) is 2.33. The maximum atomic E-state index is 5.55. The first kappa shape index (κ1) is 11.2. The van der Waals surface area contributed by atoms with Crippen LogP contribution in [0.15, 0.2) is 29.6 Å². The van der Waals surface area contributed by atoms with E-state index in [0.717, 1.165) is 11.3 Å². The van der Waals surface area contributed by atoms with E-state index in [1.807, 2.05) is 5.38 Å². The van der Waals surface area contributed by atoms with Gasteiger partial charge in [-0.05, 0) is 6.92 Å². The fourth-order valence-corrected chi connectivity index (χ4v) is 1.72. The molecule has 14 heavy (non-hydrogen) atoms. The van der Waals surface area contributed by atoms with Crippen LogP contribution in [0.2, 0.25) is 0 Å². The molecule has 2 N–H and O–H groups in total. The quantitative estimate of drug-likeness (QED) is 0.773. The van der Waals surface area contributed by atoms with Crippen LogP contribution in [-0.4, -0.2) is 4.98 Å². The molecule has 2 nitrogen and oxygen atoms in total. The summed E-state index contributed by atoms with van der Waals surface area (Å²) in [5.74, 6) is 0. The largest absolute Gasteiger partial charge is 1.00 e. The Morgan fingerprint density at radius 3 is 2.36 bits per heavy atom. The van der Waals surface area contributed by atoms with Gasteiger partial charge in [0.2, 0.25) is 0 Å². The zero-order valence-corrected chi connectivity index (χ0v) is 10.1. The Morgan fingerprint density at radius 1 is 1.21 bits per heavy atom. The van der Waals surface area contributed by atoms with Gasteiger partial charge in [0, 0.05) is 10.9 Å². The van der Waals surface area contributed by atoms with Gasteiger partial charge in [-0.2, -0.15) is 0 Å². The van der Waals surface area contributed by atoms with E-state index in [4.69, 9.17) is 5.73 Å². The normalized spacial score (nSPS) is 9.50. The Balaban J connectivity index is 0.000000980. The smallest absolute Gasteiger partial charge is 0.180 e. The van der Waals surface area contributed by atoms with Crippen molar-refractivity contribution in [3.05, 3.63) is 35.2 Å². The van der Waals surface area contributed by atoms with Crippen LogP contribution in [0.1, 0.15) is 5.56 Å². The molecule has 0 aliphatic carbocycles. The number of nitrogen functional groups attached to an aromatic ring is 1. The van der Waals surface area contributed by atoms with Crippen LogP contribution >= 0.6 is 11.3 Å². The van der Waals surface area contributed by atoms with Crippen molar-refractivity contribution in [1.82, 2.24) is 4.98 Å². The lowest BCUT2D eigenvalue weighted by Gasteiger charge is -1.96. The van der Waals surface area contributed by atoms with Crippen molar-refractivity contribution in [3.63, 3.8) is 0 Å². The fourth-order valence-electron chi connectivity index (χ4n) is 1.14. The van der Waals surface area contributed by atoms with Crippen molar-refractivity contribution in [2.24, 2.45) is 0 Å². The molecule has 0 spiro atoms. The highest BCUT2D eigenvalue weighted by Gasteiger charge is 2.00. The van der Waals surface area contributed by atoms with Crippen LogP contribution in [0.3, 0.4) is 0 Å². The average Bonchev–Trinajstić information content (AvgIpc) is 2.53. The van der Waals surface area contributed by atoms with Gasteiger partial charge >= 0.3 is 0 Å². The molecule has 0 unspecified atom stereocenters. The predicted molar refractivity (Wildman–Crippen MR) is 56.7 cm³/mol. The first-order valence-corrected chi connectivity index (χ1v) is 4.92. The van der Waals surface area contributed by atoms with E-state index in [0.29, 0.717) is 5.13 Å². The fraction of sp³-hybridized carbons (Fsp3) is 0.100. The molecule has 0 radical (unpaired) electrons. The van der Waals surface area contributed by atoms with Gasteiger partial charge in [-0.15, -0.1) is 11.3 Å². The van der Waals surface area contributed by atoms with Gasteiger partial charge in [-0.1, -0.05) is 29.8 Å². The topological polar surface area (TPSA) is 38.9 Å². The zero-order valence-electron chi connectivity index (χ0n) is 7.70. The minimum absolute atomic E-state index is 0. The third-order valence-corrected chi connectivity index (χ3v) is 2.54. The Bertz CT molecular complexity index is 408. The molecular weight excluding hydrogens is 260 g/mol. The van der Waals surface area contributed by atoms with E-state index < -0.39 is 0 Å². The van der Waals surface area contributed by atoms with Crippen LogP contribution in [-0.2, 0) is 0 Å². The Hall–Kier alpha value is -0.870. The van der Waals surface area contributed by atoms with E-state index in [-0.39, 0.29) is 17.0 Å². The summed E-state index contributed by atoms with van der Waals surface area (Å²) in [7, 11) is 0. The minimum Gasteiger partial charge on any atom is -1.00 e. The van der Waals surface area contributed by atoms with Crippen molar-refractivity contribution < 1.29 is 17.0 Å². The van der Waals surface area contributed by atoms with Crippen LogP contribution in [0.5, 0.6) is 0 Å². The highest BCUT2D eigenvalue weighted by molar-refractivity contribution is 7.13. The number of benzene rings is 1. The number of aromatic nitrogens is 1. The molecule has 0 saturated heterocycles. The molecule has 1 aromatic carbocycles. The number of aryl methyl sites for hydroxylation is 1. The monoisotopic (exact) mass is 269 g/mol. The molecule has 0 saturated carbocycles. The van der Waals surface area contributed by atoms with Crippen molar-refractivity contribution in [2.75, 3.05) is 5.73 Å². The summed E-state index contributed by atoms with van der Waals surface area (Å²) in [6.07, 6.45) is 0. The number of thiazole rings is 1. The van der Waals surface area contributed by atoms with Crippen molar-refractivity contribution in [3.8, 4) is 11.3 Å². The Morgan fingerprint density at radius 2 is 1.86 bits per heavy atom. The lowest BCUT2D eigenvalue weighted by atomic mass is 10.1. The number of hydrogen-bond donors (Lipinski definition) is 1. The van der Waals surface area contributed by atoms with E-state index in [1.54, 1.807) is 0 Å². The van der Waals surface area contributed by atoms with Crippen molar-refractivity contribution in [1.29, 1.82) is 0 Å². The molecule has 0 fully saturated rings. The second-order valence-corrected chi connectivity index (χ2v) is 3.83. The first-order valence-electron chi connectivity index (χ1n) is 4.04. The first-order chi connectivity index (χ1) is 6.25. The number of nitrogens with two attached hydrogens (primary N) is 1. The average molecular weight is 270 g/mol. The van der Waals surface area contributed by atoms with Crippen molar-refractivity contribution in [2.45, 2.75) is 6.92 Å². The van der Waals surface area contributed by atoms with Crippen LogP contribution < -0.4 is 22.7 Å². The molecular formula is C10H10BrN2S-. The molecule has 0 atom stereocenters. The summed E-state index contributed by atoms with van der Waals surface area (Å²) in [6, 6.07) is 8.27. The second-order valence-electron chi connectivity index (χ2n) is 2.94. The summed E-state index contributed by atoms with van der Waals surface area (Å²) in [6.45, 7) is 2.07. The van der Waals surface area contributed by atoms with Crippen molar-refractivity contribution >= 4 is 16.5 Å². The van der Waals surface area contributed by atoms with Gasteiger partial charge in [0.05, 0.1) is 5.69 Å². The standard InChI is InChI=1S/C10H10N2S.BrH/c1-7-2-4-8(5-3-7)9-6-13-10(11)12-9;/h2-6H,1H3,(H2,11,12);1H/p-1. The van der Waals surface area contributed by atoms with Gasteiger partial charge in [-0.3, -0.25) is 0 Å². The highest BCUT2D eigenvalue weighted by Crippen LogP contribution is 2.22. The molecule has 1 aromatic heterocycles. The highest BCUT2D eigenvalue weighted by atomic mass is 79.9. The minimum atomic E-state index is 0. The number of halogens is 1. The van der Waals surface area contributed by atoms with Gasteiger partial charge in [0.1, 0.15) is 0 Å². The molecule has 0 bridgehead atoms. The molecule has 0 aliphatic rings. The van der Waals surface area contributed by atoms with Gasteiger partial charge in [0.25, 0.3) is 0 Å². The zero-order chi connectivity index (χ0) is 9.26. The number of hydrogen-bond acceptors (Lipinski definition) is 3. The summed E-state index contributed by atoms with van der Waals surface area (Å²) < 4.78 is 0. The maximum absolute atomic E-state index is 5.55. The van der Waals surface area contributed by atoms with Crippen LogP contribution in [0.4, 0.5) is 5.13 Å². The second kappa shape index (κ2) is 4.57. The SMILES string of the molecule is Cc1ccc(-c2csc(N)n2)cc1.[Br-]. The summed E-state index contributed by atoms with van der Waals surface area (Å²) in [5.41, 5.74) is 8.89. The predicted octanol–water partition coefficient (Wildman–Crippen LogP) is -0.295. The van der Waals surface area contributed by atoms with Crippen LogP contribution in [0.25, 0.3) is 11.3 Å². The lowest BCUT2D eigenvalue weighted by molar-refractivity contribution is -0.00000270. The van der Waals surface area contributed by atoms with E-state index in [1.165, 1.54) is 16.9 Å². The molecule has 0 aliphatic heterocycles. The van der Waals surface area contributed by atoms with Gasteiger partial charge in [-0.25, -0.2) is 4.98 Å². The Kier molecular flexibility index (Phi) is 3.66. The molecule has 0 amide bonds. The molecule has 1 heterocycles. The molecule has 2 rings (SSSR count). The number of nitrogens with zero attached hydrogens (tertiary/aromatic N) is 1. The molecule has 74 valence electrons. The van der Waals surface area contributed by atoms with E-state index >= 15 is 0 Å². The summed E-state index contributed by atoms with van der Waals surface area (Å²) in [4.78, 5) is 4.21. The number of rotatable bonds is 1.